The van der Waals surface area contributed by atoms with Crippen LogP contribution in [-0.2, 0) is 17.2 Å². The van der Waals surface area contributed by atoms with Crippen LogP contribution in [0.1, 0.15) is 27.3 Å². The Hall–Kier alpha value is -4.43. The molecule has 1 unspecified atom stereocenters. The molecule has 2 heterocycles. The number of aromatic nitrogens is 3. The van der Waals surface area contributed by atoms with Crippen molar-refractivity contribution >= 4 is 16.7 Å². The Morgan fingerprint density at radius 2 is 1.86 bits per heavy atom. The van der Waals surface area contributed by atoms with Gasteiger partial charge in [-0.05, 0) is 49.4 Å². The third-order valence-corrected chi connectivity index (χ3v) is 6.90. The van der Waals surface area contributed by atoms with Gasteiger partial charge in [-0.25, -0.2) is 18.0 Å². The molecule has 0 saturated carbocycles. The lowest BCUT2D eigenvalue weighted by Crippen LogP contribution is -2.35. The third kappa shape index (κ3) is 5.13. The molecule has 182 valence electrons. The number of H-pyrrole nitrogens is 1. The molecule has 1 atom stereocenters. The zero-order valence-corrected chi connectivity index (χ0v) is 19.7. The summed E-state index contributed by atoms with van der Waals surface area (Å²) in [6.07, 6.45) is 3.52. The van der Waals surface area contributed by atoms with E-state index in [1.807, 2.05) is 6.07 Å². The Morgan fingerprint density at radius 3 is 2.47 bits per heavy atom. The van der Waals surface area contributed by atoms with Gasteiger partial charge in [-0.1, -0.05) is 0 Å². The first-order valence-electron chi connectivity index (χ1n) is 10.7. The van der Waals surface area contributed by atoms with Crippen LogP contribution in [0.4, 0.5) is 8.78 Å². The van der Waals surface area contributed by atoms with Gasteiger partial charge in [0.2, 0.25) is 0 Å². The average Bonchev–Trinajstić information content (AvgIpc) is 3.37. The average molecular weight is 508 g/mol. The molecule has 0 bridgehead atoms. The zero-order valence-electron chi connectivity index (χ0n) is 18.9. The summed E-state index contributed by atoms with van der Waals surface area (Å²) in [6, 6.07) is 11.7. The Bertz CT molecular complexity index is 1540. The maximum atomic E-state index is 14.0. The van der Waals surface area contributed by atoms with E-state index in [4.69, 9.17) is 5.26 Å². The molecule has 0 aliphatic heterocycles. The van der Waals surface area contributed by atoms with Crippen molar-refractivity contribution in [3.63, 3.8) is 0 Å². The second-order valence-corrected chi connectivity index (χ2v) is 9.21. The van der Waals surface area contributed by atoms with Crippen molar-refractivity contribution in [2.45, 2.75) is 23.1 Å². The summed E-state index contributed by atoms with van der Waals surface area (Å²) in [6.45, 7) is 1.65. The highest BCUT2D eigenvalue weighted by Crippen LogP contribution is 2.23. The van der Waals surface area contributed by atoms with Crippen molar-refractivity contribution in [1.82, 2.24) is 19.9 Å². The zero-order chi connectivity index (χ0) is 25.8. The summed E-state index contributed by atoms with van der Waals surface area (Å²) in [7, 11) is -1.88. The van der Waals surface area contributed by atoms with Crippen molar-refractivity contribution in [3.05, 3.63) is 106 Å². The molecule has 0 aliphatic carbocycles. The minimum Gasteiger partial charge on any atom is -0.351 e. The summed E-state index contributed by atoms with van der Waals surface area (Å²) in [5.74, 6) is -2.57. The number of carbonyl (C=O) groups is 1. The van der Waals surface area contributed by atoms with Crippen LogP contribution < -0.4 is 10.9 Å². The number of halogens is 2. The molecule has 1 amide bonds. The second kappa shape index (κ2) is 10.5. The molecule has 0 fully saturated rings. The van der Waals surface area contributed by atoms with E-state index in [0.717, 1.165) is 22.4 Å². The number of pyridine rings is 1. The quantitative estimate of drug-likeness (QED) is 0.398. The van der Waals surface area contributed by atoms with Crippen LogP contribution in [0.2, 0.25) is 0 Å². The number of aromatic amines is 1. The number of nitrogens with zero attached hydrogens (tertiary/aromatic N) is 3. The van der Waals surface area contributed by atoms with Crippen molar-refractivity contribution in [1.29, 1.82) is 5.26 Å². The molecular formula is C25H19F2N5O3S. The number of hydrogen-bond donors (Lipinski definition) is 2. The minimum absolute atomic E-state index is 0.0997. The van der Waals surface area contributed by atoms with Crippen molar-refractivity contribution in [2.24, 2.45) is 0 Å². The lowest BCUT2D eigenvalue weighted by Gasteiger charge is -2.17. The van der Waals surface area contributed by atoms with E-state index in [1.165, 1.54) is 43.6 Å². The maximum absolute atomic E-state index is 14.0. The molecule has 2 aromatic carbocycles. The number of nitrogens with one attached hydrogen (secondary N) is 2. The highest BCUT2D eigenvalue weighted by Gasteiger charge is 2.22. The first-order chi connectivity index (χ1) is 17.3. The monoisotopic (exact) mass is 507 g/mol. The summed E-state index contributed by atoms with van der Waals surface area (Å²) >= 11 is 0. The van der Waals surface area contributed by atoms with Crippen LogP contribution in [0.3, 0.4) is 0 Å². The number of hydrogen-bond acceptors (Lipinski definition) is 5. The Labute approximate surface area is 206 Å². The second-order valence-electron chi connectivity index (χ2n) is 7.76. The molecular weight excluding hydrogens is 488 g/mol. The van der Waals surface area contributed by atoms with Crippen LogP contribution in [-0.4, -0.2) is 31.2 Å². The predicted molar refractivity (Wildman–Crippen MR) is 127 cm³/mol. The molecule has 0 spiro atoms. The molecule has 2 aromatic heterocycles. The van der Waals surface area contributed by atoms with Gasteiger partial charge in [0.05, 0.1) is 39.3 Å². The molecule has 0 radical (unpaired) electrons. The highest BCUT2D eigenvalue weighted by atomic mass is 32.2. The molecule has 11 heteroatoms. The number of amides is 1. The lowest BCUT2D eigenvalue weighted by molar-refractivity contribution is 0.0952. The van der Waals surface area contributed by atoms with Crippen molar-refractivity contribution < 1.29 is 17.8 Å². The van der Waals surface area contributed by atoms with E-state index in [9.17, 15) is 22.6 Å². The van der Waals surface area contributed by atoms with E-state index in [2.05, 4.69) is 15.3 Å². The van der Waals surface area contributed by atoms with Gasteiger partial charge in [-0.2, -0.15) is 5.26 Å². The number of nitriles is 1. The Balaban J connectivity index is 1.81. The predicted octanol–water partition coefficient (Wildman–Crippen LogP) is 3.16. The van der Waals surface area contributed by atoms with E-state index >= 15 is 0 Å². The molecule has 4 aromatic rings. The minimum atomic E-state index is -1.88. The molecule has 2 N–H and O–H groups in total. The highest BCUT2D eigenvalue weighted by molar-refractivity contribution is 7.85. The van der Waals surface area contributed by atoms with E-state index < -0.39 is 33.9 Å². The Morgan fingerprint density at radius 1 is 1.17 bits per heavy atom. The topological polar surface area (TPSA) is 121 Å². The molecule has 4 rings (SSSR count). The van der Waals surface area contributed by atoms with Gasteiger partial charge in [0.25, 0.3) is 11.5 Å². The number of rotatable bonds is 7. The van der Waals surface area contributed by atoms with Gasteiger partial charge in [0, 0.05) is 41.5 Å². The third-order valence-electron chi connectivity index (χ3n) is 5.38. The van der Waals surface area contributed by atoms with Crippen molar-refractivity contribution in [3.8, 4) is 11.8 Å². The van der Waals surface area contributed by atoms with Crippen molar-refractivity contribution in [2.75, 3.05) is 6.54 Å². The van der Waals surface area contributed by atoms with Crippen LogP contribution in [0.15, 0.2) is 75.6 Å². The summed E-state index contributed by atoms with van der Waals surface area (Å²) < 4.78 is 42.4. The SMILES string of the molecule is Cc1c(S(=O)c2ccc(C#N)cc2)cc(C(=O)NCCc2cnc[nH]2)c(=O)n1-c1cc(F)cc(F)c1. The molecule has 36 heavy (non-hydrogen) atoms. The van der Waals surface area contributed by atoms with E-state index in [-0.39, 0.29) is 28.4 Å². The fraction of sp³-hybridized carbons (Fsp3) is 0.120. The maximum Gasteiger partial charge on any atom is 0.268 e. The van der Waals surface area contributed by atoms with Crippen LogP contribution in [0.25, 0.3) is 5.69 Å². The number of carbonyl (C=O) groups excluding carboxylic acids is 1. The first kappa shape index (κ1) is 24.7. The van der Waals surface area contributed by atoms with Crippen LogP contribution in [0, 0.1) is 29.9 Å². The fourth-order valence-corrected chi connectivity index (χ4v) is 4.84. The largest absolute Gasteiger partial charge is 0.351 e. The standard InChI is InChI=1S/C25H19F2N5O3S/c1-15-23(36(35)21-4-2-16(12-28)3-5-21)11-22(24(33)30-7-6-19-13-29-14-31-19)25(34)32(15)20-9-17(26)8-18(27)10-20/h2-5,8-11,13-14H,6-7H2,1H3,(H,29,31)(H,30,33). The molecule has 0 aliphatic rings. The lowest BCUT2D eigenvalue weighted by atomic mass is 10.2. The summed E-state index contributed by atoms with van der Waals surface area (Å²) in [5.41, 5.74) is -0.0367. The van der Waals surface area contributed by atoms with Gasteiger partial charge in [0.1, 0.15) is 17.2 Å². The number of imidazole rings is 1. The van der Waals surface area contributed by atoms with E-state index in [1.54, 1.807) is 6.20 Å². The summed E-state index contributed by atoms with van der Waals surface area (Å²) in [5, 5.41) is 11.7. The van der Waals surface area contributed by atoms with Gasteiger partial charge < -0.3 is 10.3 Å². The molecule has 8 nitrogen and oxygen atoms in total. The smallest absolute Gasteiger partial charge is 0.268 e. The van der Waals surface area contributed by atoms with Gasteiger partial charge in [-0.15, -0.1) is 0 Å². The molecule has 0 saturated heterocycles. The van der Waals surface area contributed by atoms with E-state index in [0.29, 0.717) is 22.9 Å². The van der Waals surface area contributed by atoms with Gasteiger partial charge in [-0.3, -0.25) is 14.2 Å². The Kier molecular flexibility index (Phi) is 7.17. The normalized spacial score (nSPS) is 11.6. The number of benzene rings is 2. The first-order valence-corrected chi connectivity index (χ1v) is 11.8. The van der Waals surface area contributed by atoms with Crippen LogP contribution in [0.5, 0.6) is 0 Å². The van der Waals surface area contributed by atoms with Crippen LogP contribution >= 0.6 is 0 Å². The fourth-order valence-electron chi connectivity index (χ4n) is 3.62. The summed E-state index contributed by atoms with van der Waals surface area (Å²) in [4.78, 5) is 33.5. The van der Waals surface area contributed by atoms with Gasteiger partial charge in [0.15, 0.2) is 0 Å². The van der Waals surface area contributed by atoms with Gasteiger partial charge >= 0.3 is 0 Å².